The van der Waals surface area contributed by atoms with Crippen LogP contribution < -0.4 is 10.1 Å². The Bertz CT molecular complexity index is 888. The molecule has 0 bridgehead atoms. The number of para-hydroxylation sites is 1. The van der Waals surface area contributed by atoms with Crippen LogP contribution in [0.3, 0.4) is 0 Å². The van der Waals surface area contributed by atoms with Crippen LogP contribution in [0.4, 0.5) is 8.78 Å². The summed E-state index contributed by atoms with van der Waals surface area (Å²) in [6.07, 6.45) is 2.17. The van der Waals surface area contributed by atoms with Crippen LogP contribution in [0.25, 0.3) is 16.6 Å². The first kappa shape index (κ1) is 16.0. The van der Waals surface area contributed by atoms with E-state index in [4.69, 9.17) is 4.74 Å². The number of rotatable bonds is 4. The second-order valence-electron chi connectivity index (χ2n) is 6.33. The van der Waals surface area contributed by atoms with Gasteiger partial charge in [-0.25, -0.2) is 13.5 Å². The summed E-state index contributed by atoms with van der Waals surface area (Å²) in [4.78, 5) is 0. The van der Waals surface area contributed by atoms with Crippen molar-refractivity contribution in [1.82, 2.24) is 15.1 Å². The van der Waals surface area contributed by atoms with Crippen LogP contribution in [-0.4, -0.2) is 29.5 Å². The lowest BCUT2D eigenvalue weighted by atomic mass is 10.0. The van der Waals surface area contributed by atoms with Crippen molar-refractivity contribution in [3.05, 3.63) is 54.1 Å². The van der Waals surface area contributed by atoms with Gasteiger partial charge in [0, 0.05) is 12.5 Å². The average molecular weight is 343 g/mol. The first-order chi connectivity index (χ1) is 12.2. The number of ether oxygens (including phenoxy) is 1. The zero-order valence-corrected chi connectivity index (χ0v) is 13.7. The summed E-state index contributed by atoms with van der Waals surface area (Å²) in [5.74, 6) is -0.257. The highest BCUT2D eigenvalue weighted by Gasteiger charge is 2.20. The summed E-state index contributed by atoms with van der Waals surface area (Å²) < 4.78 is 35.8. The van der Waals surface area contributed by atoms with Crippen molar-refractivity contribution in [2.24, 2.45) is 5.92 Å². The van der Waals surface area contributed by atoms with Crippen molar-refractivity contribution in [1.29, 1.82) is 0 Å². The molecule has 1 aliphatic heterocycles. The maximum atomic E-state index is 14.4. The first-order valence-corrected chi connectivity index (χ1v) is 8.49. The molecule has 0 radical (unpaired) electrons. The number of nitrogens with one attached hydrogen (secondary N) is 1. The van der Waals surface area contributed by atoms with Crippen molar-refractivity contribution in [2.45, 2.75) is 12.8 Å². The number of halogens is 2. The third-order valence-corrected chi connectivity index (χ3v) is 4.56. The second-order valence-corrected chi connectivity index (χ2v) is 6.33. The lowest BCUT2D eigenvalue weighted by Crippen LogP contribution is -2.33. The Hall–Kier alpha value is -2.47. The van der Waals surface area contributed by atoms with E-state index in [2.05, 4.69) is 10.4 Å². The van der Waals surface area contributed by atoms with Gasteiger partial charge in [-0.1, -0.05) is 18.2 Å². The van der Waals surface area contributed by atoms with Crippen molar-refractivity contribution >= 4 is 10.9 Å². The van der Waals surface area contributed by atoms with Crippen molar-refractivity contribution in [3.63, 3.8) is 0 Å². The molecular weight excluding hydrogens is 324 g/mol. The van der Waals surface area contributed by atoms with E-state index in [1.807, 2.05) is 0 Å². The average Bonchev–Trinajstić information content (AvgIpc) is 3.01. The number of benzene rings is 2. The molecule has 25 heavy (non-hydrogen) atoms. The van der Waals surface area contributed by atoms with Gasteiger partial charge in [-0.3, -0.25) is 0 Å². The van der Waals surface area contributed by atoms with Gasteiger partial charge in [-0.05, 0) is 43.7 Å². The third-order valence-electron chi connectivity index (χ3n) is 4.56. The molecule has 6 heteroatoms. The van der Waals surface area contributed by atoms with Gasteiger partial charge in [0.1, 0.15) is 17.3 Å². The standard InChI is InChI=1S/C19H19F2N3O/c20-14-6-1-2-8-16(14)24-17-9-3-7-15(21)18(17)19(23-24)25-12-13-5-4-10-22-11-13/h1-3,6-9,13,22H,4-5,10-12H2/t13-/m1/s1. The molecule has 2 heterocycles. The molecule has 0 unspecified atom stereocenters. The summed E-state index contributed by atoms with van der Waals surface area (Å²) in [6.45, 7) is 2.37. The van der Waals surface area contributed by atoms with E-state index in [0.717, 1.165) is 25.9 Å². The molecule has 3 aromatic rings. The van der Waals surface area contributed by atoms with Crippen molar-refractivity contribution < 1.29 is 13.5 Å². The molecule has 1 N–H and O–H groups in total. The van der Waals surface area contributed by atoms with Gasteiger partial charge in [-0.15, -0.1) is 5.10 Å². The van der Waals surface area contributed by atoms with E-state index in [0.29, 0.717) is 18.0 Å². The zero-order chi connectivity index (χ0) is 17.2. The van der Waals surface area contributed by atoms with Gasteiger partial charge in [0.15, 0.2) is 0 Å². The van der Waals surface area contributed by atoms with Gasteiger partial charge in [-0.2, -0.15) is 0 Å². The fourth-order valence-corrected chi connectivity index (χ4v) is 3.27. The number of fused-ring (bicyclic) bond motifs is 1. The molecule has 0 amide bonds. The fourth-order valence-electron chi connectivity index (χ4n) is 3.27. The van der Waals surface area contributed by atoms with E-state index in [-0.39, 0.29) is 17.0 Å². The highest BCUT2D eigenvalue weighted by atomic mass is 19.1. The topological polar surface area (TPSA) is 39.1 Å². The molecule has 4 nitrogen and oxygen atoms in total. The molecule has 1 aromatic heterocycles. The minimum Gasteiger partial charge on any atom is -0.476 e. The van der Waals surface area contributed by atoms with Gasteiger partial charge in [0.25, 0.3) is 0 Å². The van der Waals surface area contributed by atoms with Gasteiger partial charge in [0.2, 0.25) is 5.88 Å². The predicted molar refractivity (Wildman–Crippen MR) is 92.1 cm³/mol. The largest absolute Gasteiger partial charge is 0.476 e. The molecule has 4 rings (SSSR count). The summed E-state index contributed by atoms with van der Waals surface area (Å²) in [7, 11) is 0. The van der Waals surface area contributed by atoms with Crippen LogP contribution in [0, 0.1) is 17.6 Å². The molecule has 2 aromatic carbocycles. The summed E-state index contributed by atoms with van der Waals surface area (Å²) in [5, 5.41) is 7.98. The Morgan fingerprint density at radius 2 is 1.96 bits per heavy atom. The molecule has 130 valence electrons. The quantitative estimate of drug-likeness (QED) is 0.785. The minimum atomic E-state index is -0.420. The highest BCUT2D eigenvalue weighted by Crippen LogP contribution is 2.31. The van der Waals surface area contributed by atoms with Crippen LogP contribution in [0.5, 0.6) is 5.88 Å². The SMILES string of the molecule is Fc1ccccc1-n1nc(OC[C@@H]2CCCNC2)c2c(F)cccc21. The first-order valence-electron chi connectivity index (χ1n) is 8.49. The highest BCUT2D eigenvalue weighted by molar-refractivity contribution is 5.86. The second kappa shape index (κ2) is 6.80. The lowest BCUT2D eigenvalue weighted by molar-refractivity contribution is 0.213. The Labute approximate surface area is 144 Å². The molecule has 0 saturated carbocycles. The molecule has 1 aliphatic rings. The van der Waals surface area contributed by atoms with E-state index in [9.17, 15) is 8.78 Å². The van der Waals surface area contributed by atoms with Crippen molar-refractivity contribution in [2.75, 3.05) is 19.7 Å². The Balaban J connectivity index is 1.73. The van der Waals surface area contributed by atoms with Crippen LogP contribution in [0.15, 0.2) is 42.5 Å². The summed E-state index contributed by atoms with van der Waals surface area (Å²) in [5.41, 5.74) is 0.758. The lowest BCUT2D eigenvalue weighted by Gasteiger charge is -2.22. The smallest absolute Gasteiger partial charge is 0.244 e. The van der Waals surface area contributed by atoms with Gasteiger partial charge < -0.3 is 10.1 Å². The third kappa shape index (κ3) is 3.09. The number of hydrogen-bond acceptors (Lipinski definition) is 3. The molecule has 1 saturated heterocycles. The zero-order valence-electron chi connectivity index (χ0n) is 13.7. The van der Waals surface area contributed by atoms with Crippen molar-refractivity contribution in [3.8, 4) is 11.6 Å². The van der Waals surface area contributed by atoms with Crippen LogP contribution in [-0.2, 0) is 0 Å². The van der Waals surface area contributed by atoms with Crippen LogP contribution in [0.2, 0.25) is 0 Å². The normalized spacial score (nSPS) is 17.8. The molecule has 1 atom stereocenters. The Morgan fingerprint density at radius 1 is 1.12 bits per heavy atom. The number of nitrogens with zero attached hydrogens (tertiary/aromatic N) is 2. The maximum Gasteiger partial charge on any atom is 0.244 e. The minimum absolute atomic E-state index is 0.210. The maximum absolute atomic E-state index is 14.4. The van der Waals surface area contributed by atoms with E-state index in [1.165, 1.54) is 16.8 Å². The molecular formula is C19H19F2N3O. The Morgan fingerprint density at radius 3 is 2.76 bits per heavy atom. The van der Waals surface area contributed by atoms with Gasteiger partial charge >= 0.3 is 0 Å². The molecule has 0 aliphatic carbocycles. The van der Waals surface area contributed by atoms with Crippen LogP contribution >= 0.6 is 0 Å². The summed E-state index contributed by atoms with van der Waals surface area (Å²) in [6, 6.07) is 11.0. The molecule has 0 spiro atoms. The summed E-state index contributed by atoms with van der Waals surface area (Å²) >= 11 is 0. The van der Waals surface area contributed by atoms with E-state index < -0.39 is 11.6 Å². The number of hydrogen-bond donors (Lipinski definition) is 1. The number of piperidine rings is 1. The number of aromatic nitrogens is 2. The van der Waals surface area contributed by atoms with E-state index in [1.54, 1.807) is 30.3 Å². The fraction of sp³-hybridized carbons (Fsp3) is 0.316. The Kier molecular flexibility index (Phi) is 4.36. The van der Waals surface area contributed by atoms with E-state index >= 15 is 0 Å². The van der Waals surface area contributed by atoms with Crippen LogP contribution in [0.1, 0.15) is 12.8 Å². The molecule has 1 fully saturated rings. The monoisotopic (exact) mass is 343 g/mol. The predicted octanol–water partition coefficient (Wildman–Crippen LogP) is 3.68. The van der Waals surface area contributed by atoms with Gasteiger partial charge in [0.05, 0.1) is 17.5 Å².